The Morgan fingerprint density at radius 2 is 2.20 bits per heavy atom. The first-order valence-corrected chi connectivity index (χ1v) is 5.01. The van der Waals surface area contributed by atoms with Crippen molar-refractivity contribution >= 4 is 5.97 Å². The third-order valence-corrected chi connectivity index (χ3v) is 2.09. The molecule has 0 aromatic carbocycles. The molecule has 0 saturated heterocycles. The largest absolute Gasteiger partial charge is 0.461 e. The van der Waals surface area contributed by atoms with Crippen molar-refractivity contribution in [3.05, 3.63) is 22.8 Å². The van der Waals surface area contributed by atoms with Gasteiger partial charge in [0.2, 0.25) is 0 Å². The van der Waals surface area contributed by atoms with Gasteiger partial charge in [-0.1, -0.05) is 19.4 Å². The van der Waals surface area contributed by atoms with Crippen LogP contribution in [0, 0.1) is 16.0 Å². The van der Waals surface area contributed by atoms with E-state index in [1.165, 1.54) is 6.08 Å². The van der Waals surface area contributed by atoms with Crippen LogP contribution in [0.3, 0.4) is 0 Å². The zero-order chi connectivity index (χ0) is 11.8. The highest BCUT2D eigenvalue weighted by molar-refractivity contribution is 5.75. The Morgan fingerprint density at radius 1 is 1.60 bits per heavy atom. The van der Waals surface area contributed by atoms with Crippen molar-refractivity contribution in [1.82, 2.24) is 0 Å². The Morgan fingerprint density at radius 3 is 2.53 bits per heavy atom. The number of carbonyl (C=O) groups excluding carboxylic acids is 1. The number of carbonyl (C=O) groups is 1. The van der Waals surface area contributed by atoms with E-state index in [9.17, 15) is 14.9 Å². The van der Waals surface area contributed by atoms with Crippen LogP contribution in [0.5, 0.6) is 0 Å². The molecule has 0 radical (unpaired) electrons. The molecule has 15 heavy (non-hydrogen) atoms. The summed E-state index contributed by atoms with van der Waals surface area (Å²) in [6.07, 6.45) is 2.78. The van der Waals surface area contributed by atoms with Crippen LogP contribution in [0.1, 0.15) is 26.7 Å². The smallest absolute Gasteiger partial charge is 0.382 e. The number of hydrogen-bond donors (Lipinski definition) is 0. The summed E-state index contributed by atoms with van der Waals surface area (Å²) in [6.45, 7) is 7.19. The second kappa shape index (κ2) is 6.98. The number of nitrogens with zero attached hydrogens (tertiary/aromatic N) is 1. The fourth-order valence-corrected chi connectivity index (χ4v) is 1.38. The first-order chi connectivity index (χ1) is 7.08. The maximum atomic E-state index is 11.3. The van der Waals surface area contributed by atoms with E-state index in [0.29, 0.717) is 6.42 Å². The summed E-state index contributed by atoms with van der Waals surface area (Å²) in [5, 5.41) is 10.7. The van der Waals surface area contributed by atoms with Crippen LogP contribution >= 0.6 is 0 Å². The van der Waals surface area contributed by atoms with Crippen molar-refractivity contribution in [2.24, 2.45) is 5.92 Å². The van der Waals surface area contributed by atoms with E-state index in [4.69, 9.17) is 0 Å². The second-order valence-electron chi connectivity index (χ2n) is 3.17. The fraction of sp³-hybridized carbons (Fsp3) is 0.700. The van der Waals surface area contributed by atoms with Gasteiger partial charge in [-0.15, -0.1) is 6.58 Å². The van der Waals surface area contributed by atoms with Crippen molar-refractivity contribution in [3.63, 3.8) is 0 Å². The molecule has 0 aliphatic carbocycles. The van der Waals surface area contributed by atoms with Crippen molar-refractivity contribution in [3.8, 4) is 0 Å². The van der Waals surface area contributed by atoms with Gasteiger partial charge in [0, 0.05) is 4.92 Å². The zero-order valence-electron chi connectivity index (χ0n) is 9.14. The molecule has 0 spiro atoms. The highest BCUT2D eigenvalue weighted by atomic mass is 16.6. The molecule has 0 N–H and O–H groups in total. The van der Waals surface area contributed by atoms with Crippen LogP contribution in [0.25, 0.3) is 0 Å². The molecule has 0 aromatic heterocycles. The summed E-state index contributed by atoms with van der Waals surface area (Å²) in [4.78, 5) is 21.5. The van der Waals surface area contributed by atoms with Gasteiger partial charge >= 0.3 is 12.0 Å². The average Bonchev–Trinajstić information content (AvgIpc) is 2.16. The highest BCUT2D eigenvalue weighted by Gasteiger charge is 2.37. The molecule has 0 amide bonds. The van der Waals surface area contributed by atoms with E-state index in [1.54, 1.807) is 6.92 Å². The lowest BCUT2D eigenvalue weighted by Crippen LogP contribution is -2.37. The maximum absolute atomic E-state index is 11.3. The highest BCUT2D eigenvalue weighted by Crippen LogP contribution is 2.16. The Balaban J connectivity index is 4.68. The topological polar surface area (TPSA) is 69.4 Å². The maximum Gasteiger partial charge on any atom is 0.382 e. The molecular formula is C10H17NO4. The number of esters is 1. The monoisotopic (exact) mass is 215 g/mol. The molecule has 0 fully saturated rings. The molecule has 1 unspecified atom stereocenters. The van der Waals surface area contributed by atoms with Crippen molar-refractivity contribution in [2.75, 3.05) is 6.61 Å². The van der Waals surface area contributed by atoms with Gasteiger partial charge in [0.15, 0.2) is 0 Å². The normalized spacial score (nSPS) is 14.0. The van der Waals surface area contributed by atoms with Gasteiger partial charge in [0.1, 0.15) is 0 Å². The average molecular weight is 215 g/mol. The minimum Gasteiger partial charge on any atom is -0.461 e. The molecule has 0 rings (SSSR count). The Labute approximate surface area is 89.3 Å². The lowest BCUT2D eigenvalue weighted by atomic mass is 9.95. The standard InChI is InChI=1S/C10H17NO4/c1-4-7-8(5-2)9(11(13)14)10(12)15-6-3/h5,8-9H,2,4,6-7H2,1,3H3/t8-,9?/m0/s1. The molecule has 0 aliphatic heterocycles. The fourth-order valence-electron chi connectivity index (χ4n) is 1.38. The van der Waals surface area contributed by atoms with Crippen LogP contribution in [-0.4, -0.2) is 23.5 Å². The van der Waals surface area contributed by atoms with Gasteiger partial charge < -0.3 is 4.74 Å². The second-order valence-corrected chi connectivity index (χ2v) is 3.17. The predicted octanol–water partition coefficient (Wildman–Crippen LogP) is 1.80. The number of ether oxygens (including phenoxy) is 1. The molecule has 86 valence electrons. The zero-order valence-corrected chi connectivity index (χ0v) is 9.14. The molecule has 2 atom stereocenters. The summed E-state index contributed by atoms with van der Waals surface area (Å²) in [7, 11) is 0. The van der Waals surface area contributed by atoms with Gasteiger partial charge in [-0.05, 0) is 13.3 Å². The van der Waals surface area contributed by atoms with Gasteiger partial charge in [0.05, 0.1) is 12.5 Å². The Hall–Kier alpha value is -1.39. The Bertz CT molecular complexity index is 240. The predicted molar refractivity (Wildman–Crippen MR) is 56.0 cm³/mol. The SMILES string of the molecule is C=C[C@@H](CCC)C(C(=O)OCC)[N+](=O)[O-]. The van der Waals surface area contributed by atoms with Crippen molar-refractivity contribution in [2.45, 2.75) is 32.7 Å². The van der Waals surface area contributed by atoms with E-state index in [-0.39, 0.29) is 6.61 Å². The summed E-state index contributed by atoms with van der Waals surface area (Å²) >= 11 is 0. The summed E-state index contributed by atoms with van der Waals surface area (Å²) in [5.41, 5.74) is 0. The lowest BCUT2D eigenvalue weighted by molar-refractivity contribution is -0.517. The van der Waals surface area contributed by atoms with Crippen LogP contribution in [0.4, 0.5) is 0 Å². The van der Waals surface area contributed by atoms with Gasteiger partial charge in [-0.2, -0.15) is 0 Å². The minimum atomic E-state index is -1.32. The van der Waals surface area contributed by atoms with Crippen LogP contribution in [0.15, 0.2) is 12.7 Å². The molecule has 0 saturated carbocycles. The van der Waals surface area contributed by atoms with Gasteiger partial charge in [0.25, 0.3) is 0 Å². The van der Waals surface area contributed by atoms with E-state index in [0.717, 1.165) is 6.42 Å². The minimum absolute atomic E-state index is 0.152. The summed E-state index contributed by atoms with van der Waals surface area (Å²) < 4.78 is 4.67. The molecular weight excluding hydrogens is 198 g/mol. The van der Waals surface area contributed by atoms with Crippen LogP contribution in [0.2, 0.25) is 0 Å². The van der Waals surface area contributed by atoms with E-state index in [1.807, 2.05) is 6.92 Å². The molecule has 0 heterocycles. The molecule has 5 nitrogen and oxygen atoms in total. The first-order valence-electron chi connectivity index (χ1n) is 5.01. The Kier molecular flexibility index (Phi) is 6.33. The molecule has 5 heteroatoms. The number of rotatable bonds is 7. The van der Waals surface area contributed by atoms with E-state index in [2.05, 4.69) is 11.3 Å². The third kappa shape index (κ3) is 4.10. The van der Waals surface area contributed by atoms with Crippen LogP contribution < -0.4 is 0 Å². The molecule has 0 aromatic rings. The summed E-state index contributed by atoms with van der Waals surface area (Å²) in [5.74, 6) is -1.23. The first kappa shape index (κ1) is 13.6. The van der Waals surface area contributed by atoms with Gasteiger partial charge in [-0.3, -0.25) is 10.1 Å². The third-order valence-electron chi connectivity index (χ3n) is 2.09. The number of nitro groups is 1. The number of hydrogen-bond acceptors (Lipinski definition) is 4. The lowest BCUT2D eigenvalue weighted by Gasteiger charge is -2.15. The van der Waals surface area contributed by atoms with E-state index < -0.39 is 22.9 Å². The molecule has 0 bridgehead atoms. The van der Waals surface area contributed by atoms with Crippen molar-refractivity contribution < 1.29 is 14.5 Å². The van der Waals surface area contributed by atoms with Crippen LogP contribution in [-0.2, 0) is 9.53 Å². The van der Waals surface area contributed by atoms with Crippen molar-refractivity contribution in [1.29, 1.82) is 0 Å². The van der Waals surface area contributed by atoms with Gasteiger partial charge in [-0.25, -0.2) is 4.79 Å². The van der Waals surface area contributed by atoms with E-state index >= 15 is 0 Å². The summed E-state index contributed by atoms with van der Waals surface area (Å²) in [6, 6.07) is -1.32. The quantitative estimate of drug-likeness (QED) is 0.281. The molecule has 0 aliphatic rings.